The minimum atomic E-state index is 0.537. The van der Waals surface area contributed by atoms with Gasteiger partial charge in [-0.25, -0.2) is 14.6 Å². The summed E-state index contributed by atoms with van der Waals surface area (Å²) in [4.78, 5) is 8.64. The molecule has 124 valence electrons. The predicted molar refractivity (Wildman–Crippen MR) is 101 cm³/mol. The van der Waals surface area contributed by atoms with Gasteiger partial charge < -0.3 is 5.32 Å². The third-order valence-electron chi connectivity index (χ3n) is 3.54. The van der Waals surface area contributed by atoms with E-state index >= 15 is 0 Å². The second kappa shape index (κ2) is 6.52. The Morgan fingerprint density at radius 1 is 0.880 bits per heavy atom. The molecule has 4 aromatic rings. The lowest BCUT2D eigenvalue weighted by atomic mass is 10.3. The second-order valence-electron chi connectivity index (χ2n) is 5.28. The van der Waals surface area contributed by atoms with Crippen molar-refractivity contribution in [2.75, 3.05) is 5.32 Å². The number of rotatable bonds is 3. The fourth-order valence-electron chi connectivity index (χ4n) is 2.50. The van der Waals surface area contributed by atoms with E-state index in [4.69, 9.17) is 34.8 Å². The molecule has 0 fully saturated rings. The van der Waals surface area contributed by atoms with Crippen LogP contribution in [0.4, 0.5) is 11.5 Å². The molecule has 2 heterocycles. The average Bonchev–Trinajstić information content (AvgIpc) is 2.99. The molecule has 0 atom stereocenters. The Morgan fingerprint density at radius 3 is 2.44 bits per heavy atom. The number of halogens is 3. The Hall–Kier alpha value is -2.34. The van der Waals surface area contributed by atoms with Crippen LogP contribution in [0.2, 0.25) is 15.1 Å². The molecule has 0 aliphatic rings. The highest BCUT2D eigenvalue weighted by molar-refractivity contribution is 6.35. The monoisotopic (exact) mass is 389 g/mol. The van der Waals surface area contributed by atoms with Gasteiger partial charge >= 0.3 is 0 Å². The van der Waals surface area contributed by atoms with E-state index in [0.717, 1.165) is 16.8 Å². The maximum atomic E-state index is 6.07. The quantitative estimate of drug-likeness (QED) is 0.500. The van der Waals surface area contributed by atoms with Crippen LogP contribution in [0, 0.1) is 0 Å². The van der Waals surface area contributed by atoms with Crippen LogP contribution in [-0.2, 0) is 0 Å². The summed E-state index contributed by atoms with van der Waals surface area (Å²) in [7, 11) is 0. The molecule has 0 bridgehead atoms. The third kappa shape index (κ3) is 3.26. The number of hydrogen-bond donors (Lipinski definition) is 1. The highest BCUT2D eigenvalue weighted by Crippen LogP contribution is 2.28. The van der Waals surface area contributed by atoms with Gasteiger partial charge in [0.15, 0.2) is 5.65 Å². The van der Waals surface area contributed by atoms with Gasteiger partial charge in [-0.3, -0.25) is 0 Å². The molecule has 0 spiro atoms. The van der Waals surface area contributed by atoms with E-state index in [1.54, 1.807) is 29.1 Å². The minimum Gasteiger partial charge on any atom is -0.339 e. The largest absolute Gasteiger partial charge is 0.339 e. The number of hydrogen-bond acceptors (Lipinski definition) is 4. The van der Waals surface area contributed by atoms with Crippen LogP contribution in [0.25, 0.3) is 16.7 Å². The second-order valence-corrected chi connectivity index (χ2v) is 6.59. The number of fused-ring (bicyclic) bond motifs is 1. The molecule has 4 rings (SSSR count). The molecule has 2 aromatic carbocycles. The number of aromatic nitrogens is 4. The first-order valence-corrected chi connectivity index (χ1v) is 8.41. The zero-order valence-corrected chi connectivity index (χ0v) is 14.9. The first kappa shape index (κ1) is 16.1. The van der Waals surface area contributed by atoms with Crippen molar-refractivity contribution >= 4 is 57.3 Å². The van der Waals surface area contributed by atoms with Gasteiger partial charge in [0, 0.05) is 20.8 Å². The van der Waals surface area contributed by atoms with Gasteiger partial charge in [-0.2, -0.15) is 5.10 Å². The Balaban J connectivity index is 1.79. The van der Waals surface area contributed by atoms with Crippen LogP contribution < -0.4 is 5.32 Å². The molecule has 0 amide bonds. The number of anilines is 2. The molecule has 8 heteroatoms. The van der Waals surface area contributed by atoms with Crippen molar-refractivity contribution in [2.45, 2.75) is 0 Å². The van der Waals surface area contributed by atoms with Gasteiger partial charge in [0.25, 0.3) is 0 Å². The molecular formula is C17H10Cl3N5. The van der Waals surface area contributed by atoms with Crippen molar-refractivity contribution in [3.05, 3.63) is 70.1 Å². The van der Waals surface area contributed by atoms with Gasteiger partial charge in [-0.15, -0.1) is 0 Å². The third-order valence-corrected chi connectivity index (χ3v) is 4.22. The fourth-order valence-corrected chi connectivity index (χ4v) is 3.21. The molecule has 5 nitrogen and oxygen atoms in total. The number of nitrogens with one attached hydrogen (secondary N) is 1. The molecule has 0 aliphatic carbocycles. The zero-order chi connectivity index (χ0) is 17.4. The Kier molecular flexibility index (Phi) is 4.21. The first-order chi connectivity index (χ1) is 12.1. The van der Waals surface area contributed by atoms with E-state index in [2.05, 4.69) is 20.4 Å². The molecule has 25 heavy (non-hydrogen) atoms. The smallest absolute Gasteiger partial charge is 0.168 e. The maximum Gasteiger partial charge on any atom is 0.168 e. The van der Waals surface area contributed by atoms with Crippen molar-refractivity contribution in [1.82, 2.24) is 19.7 Å². The van der Waals surface area contributed by atoms with Crippen LogP contribution in [0.15, 0.2) is 55.0 Å². The summed E-state index contributed by atoms with van der Waals surface area (Å²) < 4.78 is 1.71. The summed E-state index contributed by atoms with van der Waals surface area (Å²) in [6, 6.07) is 12.6. The van der Waals surface area contributed by atoms with E-state index in [1.165, 1.54) is 6.33 Å². The Morgan fingerprint density at radius 2 is 1.68 bits per heavy atom. The lowest BCUT2D eigenvalue weighted by Crippen LogP contribution is -1.99. The zero-order valence-electron chi connectivity index (χ0n) is 12.6. The molecule has 1 N–H and O–H groups in total. The van der Waals surface area contributed by atoms with E-state index in [-0.39, 0.29) is 0 Å². The lowest BCUT2D eigenvalue weighted by molar-refractivity contribution is 0.895. The summed E-state index contributed by atoms with van der Waals surface area (Å²) in [6.45, 7) is 0. The van der Waals surface area contributed by atoms with Crippen LogP contribution in [-0.4, -0.2) is 19.7 Å². The standard InChI is InChI=1S/C17H10Cl3N5/c18-10-2-1-3-14(7-10)25-17-15(8-23-25)16(21-9-22-17)24-13-5-11(19)4-12(20)6-13/h1-9H,(H,21,22,24). The number of nitrogens with zero attached hydrogens (tertiary/aromatic N) is 4. The summed E-state index contributed by atoms with van der Waals surface area (Å²) in [5.74, 6) is 0.608. The SMILES string of the molecule is Clc1cc(Cl)cc(Nc2ncnc3c2cnn3-c2cccc(Cl)c2)c1. The van der Waals surface area contributed by atoms with Crippen molar-refractivity contribution in [1.29, 1.82) is 0 Å². The normalized spacial score (nSPS) is 11.0. The highest BCUT2D eigenvalue weighted by Gasteiger charge is 2.12. The molecule has 0 saturated carbocycles. The Labute approximate surface area is 158 Å². The summed E-state index contributed by atoms with van der Waals surface area (Å²) in [5.41, 5.74) is 2.21. The molecule has 0 radical (unpaired) electrons. The molecule has 0 aliphatic heterocycles. The Bertz CT molecular complexity index is 1060. The predicted octanol–water partition coefficient (Wildman–Crippen LogP) is 5.52. The average molecular weight is 391 g/mol. The van der Waals surface area contributed by atoms with E-state index in [0.29, 0.717) is 26.5 Å². The molecular weight excluding hydrogens is 381 g/mol. The number of benzene rings is 2. The van der Waals surface area contributed by atoms with Gasteiger partial charge in [-0.05, 0) is 36.4 Å². The molecule has 0 unspecified atom stereocenters. The first-order valence-electron chi connectivity index (χ1n) is 7.28. The minimum absolute atomic E-state index is 0.537. The van der Waals surface area contributed by atoms with E-state index < -0.39 is 0 Å². The van der Waals surface area contributed by atoms with Crippen LogP contribution in [0.5, 0.6) is 0 Å². The maximum absolute atomic E-state index is 6.07. The topological polar surface area (TPSA) is 55.6 Å². The summed E-state index contributed by atoms with van der Waals surface area (Å²) in [6.07, 6.45) is 3.17. The van der Waals surface area contributed by atoms with E-state index in [1.807, 2.05) is 24.3 Å². The fraction of sp³-hybridized carbons (Fsp3) is 0. The molecule has 0 saturated heterocycles. The van der Waals surface area contributed by atoms with Crippen LogP contribution >= 0.6 is 34.8 Å². The molecule has 2 aromatic heterocycles. The summed E-state index contributed by atoms with van der Waals surface area (Å²) in [5, 5.41) is 10.1. The van der Waals surface area contributed by atoms with Gasteiger partial charge in [-0.1, -0.05) is 40.9 Å². The van der Waals surface area contributed by atoms with Crippen molar-refractivity contribution in [3.8, 4) is 5.69 Å². The van der Waals surface area contributed by atoms with Crippen molar-refractivity contribution < 1.29 is 0 Å². The highest BCUT2D eigenvalue weighted by atomic mass is 35.5. The lowest BCUT2D eigenvalue weighted by Gasteiger charge is -2.08. The summed E-state index contributed by atoms with van der Waals surface area (Å²) >= 11 is 18.2. The van der Waals surface area contributed by atoms with E-state index in [9.17, 15) is 0 Å². The van der Waals surface area contributed by atoms with Gasteiger partial charge in [0.1, 0.15) is 12.1 Å². The van der Waals surface area contributed by atoms with Crippen molar-refractivity contribution in [3.63, 3.8) is 0 Å². The van der Waals surface area contributed by atoms with Crippen LogP contribution in [0.1, 0.15) is 0 Å². The van der Waals surface area contributed by atoms with Gasteiger partial charge in [0.2, 0.25) is 0 Å². The van der Waals surface area contributed by atoms with Crippen LogP contribution in [0.3, 0.4) is 0 Å². The van der Waals surface area contributed by atoms with Gasteiger partial charge in [0.05, 0.1) is 17.3 Å². The van der Waals surface area contributed by atoms with Crippen molar-refractivity contribution in [2.24, 2.45) is 0 Å².